The lowest BCUT2D eigenvalue weighted by atomic mass is 10.1. The molecule has 1 aromatic carbocycles. The summed E-state index contributed by atoms with van der Waals surface area (Å²) in [6.07, 6.45) is -2.72. The molecule has 0 unspecified atom stereocenters. The number of nitrogen functional groups attached to an aromatic ring is 1. The maximum absolute atomic E-state index is 12.5. The van der Waals surface area contributed by atoms with Crippen LogP contribution < -0.4 is 5.73 Å². The van der Waals surface area contributed by atoms with Crippen LogP contribution in [0.5, 0.6) is 0 Å². The van der Waals surface area contributed by atoms with Gasteiger partial charge < -0.3 is 10.5 Å². The number of carbonyl (C=O) groups is 1. The number of hydrogen-bond donors (Lipinski definition) is 1. The Kier molecular flexibility index (Phi) is 3.60. The maximum Gasteiger partial charge on any atom is 0.338 e. The first-order valence-corrected chi connectivity index (χ1v) is 4.41. The zero-order valence-electron chi connectivity index (χ0n) is 8.17. The first-order chi connectivity index (χ1) is 7.06. The summed E-state index contributed by atoms with van der Waals surface area (Å²) < 4.78 is 29.7. The summed E-state index contributed by atoms with van der Waals surface area (Å²) in [5, 5.41) is 0. The van der Waals surface area contributed by atoms with E-state index in [1.54, 1.807) is 6.92 Å². The van der Waals surface area contributed by atoms with Gasteiger partial charge in [0.05, 0.1) is 12.2 Å². The molecule has 0 amide bonds. The summed E-state index contributed by atoms with van der Waals surface area (Å²) in [7, 11) is 0. The van der Waals surface area contributed by atoms with Crippen LogP contribution in [0.4, 0.5) is 14.5 Å². The molecule has 0 aliphatic heterocycles. The Bertz CT molecular complexity index is 366. The second-order valence-corrected chi connectivity index (χ2v) is 2.87. The van der Waals surface area contributed by atoms with Crippen molar-refractivity contribution in [3.63, 3.8) is 0 Å². The lowest BCUT2D eigenvalue weighted by molar-refractivity contribution is 0.0515. The molecule has 0 heterocycles. The van der Waals surface area contributed by atoms with Gasteiger partial charge in [-0.2, -0.15) is 0 Å². The summed E-state index contributed by atoms with van der Waals surface area (Å²) in [4.78, 5) is 11.3. The number of rotatable bonds is 3. The van der Waals surface area contributed by atoms with Gasteiger partial charge >= 0.3 is 5.97 Å². The van der Waals surface area contributed by atoms with Gasteiger partial charge in [0.25, 0.3) is 6.43 Å². The van der Waals surface area contributed by atoms with Crippen LogP contribution in [0.15, 0.2) is 18.2 Å². The summed E-state index contributed by atoms with van der Waals surface area (Å²) in [6, 6.07) is 3.65. The maximum atomic E-state index is 12.5. The molecule has 15 heavy (non-hydrogen) atoms. The van der Waals surface area contributed by atoms with Crippen molar-refractivity contribution in [2.45, 2.75) is 13.3 Å². The molecule has 0 aliphatic rings. The number of benzene rings is 1. The van der Waals surface area contributed by atoms with E-state index in [0.29, 0.717) is 0 Å². The predicted molar refractivity (Wildman–Crippen MR) is 51.8 cm³/mol. The highest BCUT2D eigenvalue weighted by molar-refractivity contribution is 5.92. The van der Waals surface area contributed by atoms with Crippen molar-refractivity contribution in [2.75, 3.05) is 12.3 Å². The zero-order valence-corrected chi connectivity index (χ0v) is 8.17. The van der Waals surface area contributed by atoms with E-state index in [1.807, 2.05) is 0 Å². The molecule has 1 rings (SSSR count). The largest absolute Gasteiger partial charge is 0.462 e. The van der Waals surface area contributed by atoms with Gasteiger partial charge in [0.15, 0.2) is 0 Å². The number of nitrogens with two attached hydrogens (primary N) is 1. The van der Waals surface area contributed by atoms with Gasteiger partial charge in [-0.15, -0.1) is 0 Å². The Morgan fingerprint density at radius 3 is 2.73 bits per heavy atom. The van der Waals surface area contributed by atoms with E-state index in [-0.39, 0.29) is 23.4 Å². The van der Waals surface area contributed by atoms with Crippen molar-refractivity contribution in [3.05, 3.63) is 29.3 Å². The first-order valence-electron chi connectivity index (χ1n) is 4.41. The van der Waals surface area contributed by atoms with E-state index in [0.717, 1.165) is 6.07 Å². The van der Waals surface area contributed by atoms with E-state index < -0.39 is 12.4 Å². The van der Waals surface area contributed by atoms with Crippen LogP contribution in [0.25, 0.3) is 0 Å². The first kappa shape index (κ1) is 11.4. The zero-order chi connectivity index (χ0) is 11.4. The van der Waals surface area contributed by atoms with Crippen LogP contribution in [-0.4, -0.2) is 12.6 Å². The number of anilines is 1. The van der Waals surface area contributed by atoms with Crippen molar-refractivity contribution >= 4 is 11.7 Å². The van der Waals surface area contributed by atoms with Crippen LogP contribution in [0, 0.1) is 0 Å². The monoisotopic (exact) mass is 215 g/mol. The quantitative estimate of drug-likeness (QED) is 0.622. The highest BCUT2D eigenvalue weighted by Crippen LogP contribution is 2.25. The van der Waals surface area contributed by atoms with Gasteiger partial charge in [0, 0.05) is 11.3 Å². The third-order valence-electron chi connectivity index (χ3n) is 1.81. The molecule has 5 heteroatoms. The second-order valence-electron chi connectivity index (χ2n) is 2.87. The Hall–Kier alpha value is -1.65. The predicted octanol–water partition coefficient (Wildman–Crippen LogP) is 2.38. The molecule has 0 atom stereocenters. The molecule has 82 valence electrons. The third kappa shape index (κ3) is 2.65. The van der Waals surface area contributed by atoms with E-state index in [9.17, 15) is 13.6 Å². The van der Waals surface area contributed by atoms with Crippen LogP contribution in [0.2, 0.25) is 0 Å². The topological polar surface area (TPSA) is 52.3 Å². The Labute approximate surface area is 85.8 Å². The molecule has 2 N–H and O–H groups in total. The number of alkyl halides is 2. The molecule has 3 nitrogen and oxygen atoms in total. The molecule has 0 spiro atoms. The van der Waals surface area contributed by atoms with Crippen LogP contribution in [0.3, 0.4) is 0 Å². The molecule has 0 saturated heterocycles. The van der Waals surface area contributed by atoms with Crippen molar-refractivity contribution in [1.82, 2.24) is 0 Å². The van der Waals surface area contributed by atoms with Crippen LogP contribution in [-0.2, 0) is 4.74 Å². The molecular formula is C10H11F2NO2. The Morgan fingerprint density at radius 2 is 2.20 bits per heavy atom. The van der Waals surface area contributed by atoms with Gasteiger partial charge in [0.2, 0.25) is 0 Å². The van der Waals surface area contributed by atoms with Gasteiger partial charge in [-0.05, 0) is 19.1 Å². The van der Waals surface area contributed by atoms with Gasteiger partial charge in [-0.1, -0.05) is 6.07 Å². The average Bonchev–Trinajstić information content (AvgIpc) is 2.17. The van der Waals surface area contributed by atoms with E-state index in [4.69, 9.17) is 5.73 Å². The number of carbonyl (C=O) groups excluding carboxylic acids is 1. The summed E-state index contributed by atoms with van der Waals surface area (Å²) in [5.74, 6) is -0.778. The van der Waals surface area contributed by atoms with Gasteiger partial charge in [-0.25, -0.2) is 13.6 Å². The molecule has 0 bridgehead atoms. The normalized spacial score (nSPS) is 10.4. The highest BCUT2D eigenvalue weighted by Gasteiger charge is 2.19. The summed E-state index contributed by atoms with van der Waals surface area (Å²) >= 11 is 0. The summed E-state index contributed by atoms with van der Waals surface area (Å²) in [5.41, 5.74) is 5.13. The third-order valence-corrected chi connectivity index (χ3v) is 1.81. The average molecular weight is 215 g/mol. The Morgan fingerprint density at radius 1 is 1.53 bits per heavy atom. The van der Waals surface area contributed by atoms with E-state index in [2.05, 4.69) is 4.74 Å². The summed E-state index contributed by atoms with van der Waals surface area (Å²) in [6.45, 7) is 1.74. The standard InChI is InChI=1S/C10H11F2NO2/c1-2-15-10(14)8-5-6(13)3-4-7(8)9(11)12/h3-5,9H,2,13H2,1H3. The minimum Gasteiger partial charge on any atom is -0.462 e. The molecule has 0 aliphatic carbocycles. The fraction of sp³-hybridized carbons (Fsp3) is 0.300. The molecule has 0 aromatic heterocycles. The van der Waals surface area contributed by atoms with E-state index in [1.165, 1.54) is 12.1 Å². The van der Waals surface area contributed by atoms with Crippen molar-refractivity contribution in [3.8, 4) is 0 Å². The molecule has 0 radical (unpaired) electrons. The van der Waals surface area contributed by atoms with Crippen LogP contribution in [0.1, 0.15) is 29.3 Å². The van der Waals surface area contributed by atoms with Gasteiger partial charge in [0.1, 0.15) is 0 Å². The SMILES string of the molecule is CCOC(=O)c1cc(N)ccc1C(F)F. The minimum absolute atomic E-state index is 0.135. The molecule has 0 fully saturated rings. The lowest BCUT2D eigenvalue weighted by Gasteiger charge is -2.08. The lowest BCUT2D eigenvalue weighted by Crippen LogP contribution is -2.09. The molecular weight excluding hydrogens is 204 g/mol. The van der Waals surface area contributed by atoms with E-state index >= 15 is 0 Å². The van der Waals surface area contributed by atoms with Crippen molar-refractivity contribution < 1.29 is 18.3 Å². The number of halogens is 2. The fourth-order valence-corrected chi connectivity index (χ4v) is 1.15. The van der Waals surface area contributed by atoms with Crippen molar-refractivity contribution in [1.29, 1.82) is 0 Å². The number of hydrogen-bond acceptors (Lipinski definition) is 3. The molecule has 1 aromatic rings. The Balaban J connectivity index is 3.12. The van der Waals surface area contributed by atoms with Gasteiger partial charge in [-0.3, -0.25) is 0 Å². The number of esters is 1. The van der Waals surface area contributed by atoms with Crippen molar-refractivity contribution in [2.24, 2.45) is 0 Å². The molecule has 0 saturated carbocycles. The minimum atomic E-state index is -2.72. The number of ether oxygens (including phenoxy) is 1. The smallest absolute Gasteiger partial charge is 0.338 e. The van der Waals surface area contributed by atoms with Crippen LogP contribution >= 0.6 is 0 Å². The highest BCUT2D eigenvalue weighted by atomic mass is 19.3. The second kappa shape index (κ2) is 4.72. The fourth-order valence-electron chi connectivity index (χ4n) is 1.15.